The van der Waals surface area contributed by atoms with Crippen LogP contribution in [0.25, 0.3) is 21.8 Å². The SMILES string of the molecule is COC(=O)c1cc(I)c2[nH]c3ccc(C)cc3c2c1. The normalized spacial score (nSPS) is 11.1. The molecule has 0 atom stereocenters. The van der Waals surface area contributed by atoms with Crippen LogP contribution in [0.4, 0.5) is 0 Å². The summed E-state index contributed by atoms with van der Waals surface area (Å²) >= 11 is 2.24. The summed E-state index contributed by atoms with van der Waals surface area (Å²) in [7, 11) is 1.40. The third kappa shape index (κ3) is 2.00. The number of carbonyl (C=O) groups excluding carboxylic acids is 1. The fraction of sp³-hybridized carbons (Fsp3) is 0.133. The first-order valence-electron chi connectivity index (χ1n) is 5.90. The van der Waals surface area contributed by atoms with E-state index in [1.165, 1.54) is 12.7 Å². The van der Waals surface area contributed by atoms with Crippen molar-refractivity contribution in [2.75, 3.05) is 7.11 Å². The number of benzene rings is 2. The van der Waals surface area contributed by atoms with Crippen LogP contribution in [0.5, 0.6) is 0 Å². The van der Waals surface area contributed by atoms with Gasteiger partial charge in [-0.2, -0.15) is 0 Å². The van der Waals surface area contributed by atoms with E-state index in [0.29, 0.717) is 5.56 Å². The standard InChI is InChI=1S/C15H12INO2/c1-8-3-4-13-10(5-8)11-6-9(15(18)19-2)7-12(16)14(11)17-13/h3-7,17H,1-2H3. The third-order valence-electron chi connectivity index (χ3n) is 3.24. The van der Waals surface area contributed by atoms with E-state index in [4.69, 9.17) is 4.74 Å². The second kappa shape index (κ2) is 4.52. The van der Waals surface area contributed by atoms with E-state index in [1.807, 2.05) is 12.1 Å². The molecule has 0 bridgehead atoms. The lowest BCUT2D eigenvalue weighted by Gasteiger charge is -2.02. The molecule has 0 saturated heterocycles. The van der Waals surface area contributed by atoms with E-state index in [-0.39, 0.29) is 5.97 Å². The van der Waals surface area contributed by atoms with Crippen LogP contribution in [0.15, 0.2) is 30.3 Å². The van der Waals surface area contributed by atoms with E-state index in [9.17, 15) is 4.79 Å². The molecule has 0 saturated carbocycles. The molecule has 3 aromatic rings. The third-order valence-corrected chi connectivity index (χ3v) is 4.09. The number of hydrogen-bond acceptors (Lipinski definition) is 2. The average molecular weight is 365 g/mol. The van der Waals surface area contributed by atoms with Crippen LogP contribution in [0.3, 0.4) is 0 Å². The van der Waals surface area contributed by atoms with Crippen LogP contribution in [0.2, 0.25) is 0 Å². The molecule has 3 rings (SSSR count). The van der Waals surface area contributed by atoms with Crippen LogP contribution < -0.4 is 0 Å². The summed E-state index contributed by atoms with van der Waals surface area (Å²) in [6.45, 7) is 2.06. The average Bonchev–Trinajstić information content (AvgIpc) is 2.76. The summed E-state index contributed by atoms with van der Waals surface area (Å²) in [6.07, 6.45) is 0. The van der Waals surface area contributed by atoms with Gasteiger partial charge in [0, 0.05) is 19.9 Å². The van der Waals surface area contributed by atoms with Gasteiger partial charge < -0.3 is 9.72 Å². The molecule has 0 unspecified atom stereocenters. The molecule has 96 valence electrons. The lowest BCUT2D eigenvalue weighted by atomic mass is 10.1. The minimum atomic E-state index is -0.304. The van der Waals surface area contributed by atoms with Gasteiger partial charge >= 0.3 is 5.97 Å². The van der Waals surface area contributed by atoms with Crippen molar-refractivity contribution < 1.29 is 9.53 Å². The van der Waals surface area contributed by atoms with Crippen molar-refractivity contribution in [2.45, 2.75) is 6.92 Å². The summed E-state index contributed by atoms with van der Waals surface area (Å²) in [5, 5.41) is 2.20. The van der Waals surface area contributed by atoms with Gasteiger partial charge in [0.05, 0.1) is 18.2 Å². The number of methoxy groups -OCH3 is 1. The number of halogens is 1. The van der Waals surface area contributed by atoms with Gasteiger partial charge in [0.2, 0.25) is 0 Å². The maximum absolute atomic E-state index is 11.7. The summed E-state index contributed by atoms with van der Waals surface area (Å²) in [4.78, 5) is 15.1. The van der Waals surface area contributed by atoms with E-state index >= 15 is 0 Å². The van der Waals surface area contributed by atoms with Gasteiger partial charge in [-0.15, -0.1) is 0 Å². The van der Waals surface area contributed by atoms with Gasteiger partial charge in [0.1, 0.15) is 0 Å². The Balaban J connectivity index is 2.41. The summed E-state index contributed by atoms with van der Waals surface area (Å²) in [6, 6.07) is 10.0. The Morgan fingerprint density at radius 1 is 1.21 bits per heavy atom. The van der Waals surface area contributed by atoms with Gasteiger partial charge in [-0.3, -0.25) is 0 Å². The van der Waals surface area contributed by atoms with Gasteiger partial charge in [0.15, 0.2) is 0 Å². The van der Waals surface area contributed by atoms with Crippen molar-refractivity contribution >= 4 is 50.4 Å². The number of fused-ring (bicyclic) bond motifs is 3. The number of H-pyrrole nitrogens is 1. The number of aromatic amines is 1. The topological polar surface area (TPSA) is 42.1 Å². The Hall–Kier alpha value is -1.56. The first-order chi connectivity index (χ1) is 9.10. The van der Waals surface area contributed by atoms with Crippen LogP contribution in [-0.2, 0) is 4.74 Å². The molecular weight excluding hydrogens is 353 g/mol. The van der Waals surface area contributed by atoms with Crippen LogP contribution >= 0.6 is 22.6 Å². The molecule has 1 N–H and O–H groups in total. The van der Waals surface area contributed by atoms with Crippen molar-refractivity contribution in [1.29, 1.82) is 0 Å². The zero-order chi connectivity index (χ0) is 13.6. The van der Waals surface area contributed by atoms with Crippen molar-refractivity contribution in [2.24, 2.45) is 0 Å². The molecule has 0 fully saturated rings. The van der Waals surface area contributed by atoms with Gasteiger partial charge in [-0.25, -0.2) is 4.79 Å². The lowest BCUT2D eigenvalue weighted by molar-refractivity contribution is 0.0601. The fourth-order valence-corrected chi connectivity index (χ4v) is 3.07. The molecule has 1 aromatic heterocycles. The predicted octanol–water partition coefficient (Wildman–Crippen LogP) is 4.02. The number of hydrogen-bond donors (Lipinski definition) is 1. The minimum Gasteiger partial charge on any atom is -0.465 e. The molecule has 0 aliphatic heterocycles. The summed E-state index contributed by atoms with van der Waals surface area (Å²) in [5.74, 6) is -0.304. The Morgan fingerprint density at radius 3 is 2.74 bits per heavy atom. The zero-order valence-corrected chi connectivity index (χ0v) is 12.7. The number of aryl methyl sites for hydroxylation is 1. The van der Waals surface area contributed by atoms with Crippen molar-refractivity contribution in [3.05, 3.63) is 45.0 Å². The number of esters is 1. The van der Waals surface area contributed by atoms with E-state index in [0.717, 1.165) is 25.4 Å². The molecule has 0 spiro atoms. The molecule has 3 nitrogen and oxygen atoms in total. The minimum absolute atomic E-state index is 0.304. The smallest absolute Gasteiger partial charge is 0.337 e. The number of carbonyl (C=O) groups is 1. The van der Waals surface area contributed by atoms with E-state index in [1.54, 1.807) is 0 Å². The molecule has 4 heteroatoms. The zero-order valence-electron chi connectivity index (χ0n) is 10.6. The van der Waals surface area contributed by atoms with Crippen molar-refractivity contribution in [3.63, 3.8) is 0 Å². The van der Waals surface area contributed by atoms with Crippen LogP contribution in [0, 0.1) is 10.5 Å². The highest BCUT2D eigenvalue weighted by molar-refractivity contribution is 14.1. The monoisotopic (exact) mass is 365 g/mol. The van der Waals surface area contributed by atoms with Crippen molar-refractivity contribution in [1.82, 2.24) is 4.98 Å². The van der Waals surface area contributed by atoms with Crippen LogP contribution in [-0.4, -0.2) is 18.1 Å². The maximum Gasteiger partial charge on any atom is 0.337 e. The molecular formula is C15H12INO2. The molecule has 0 radical (unpaired) electrons. The number of aromatic nitrogens is 1. The van der Waals surface area contributed by atoms with Gasteiger partial charge in [0.25, 0.3) is 0 Å². The second-order valence-corrected chi connectivity index (χ2v) is 5.71. The highest BCUT2D eigenvalue weighted by Crippen LogP contribution is 2.30. The molecule has 19 heavy (non-hydrogen) atoms. The molecule has 1 heterocycles. The summed E-state index contributed by atoms with van der Waals surface area (Å²) < 4.78 is 5.82. The van der Waals surface area contributed by atoms with E-state index in [2.05, 4.69) is 52.7 Å². The Labute approximate surface area is 124 Å². The van der Waals surface area contributed by atoms with Crippen molar-refractivity contribution in [3.8, 4) is 0 Å². The highest BCUT2D eigenvalue weighted by atomic mass is 127. The Bertz CT molecular complexity index is 805. The molecule has 0 amide bonds. The lowest BCUT2D eigenvalue weighted by Crippen LogP contribution is -2.01. The predicted molar refractivity (Wildman–Crippen MR) is 84.6 cm³/mol. The van der Waals surface area contributed by atoms with Crippen LogP contribution in [0.1, 0.15) is 15.9 Å². The first-order valence-corrected chi connectivity index (χ1v) is 6.98. The highest BCUT2D eigenvalue weighted by Gasteiger charge is 2.13. The van der Waals surface area contributed by atoms with Gasteiger partial charge in [-0.1, -0.05) is 11.6 Å². The quantitative estimate of drug-likeness (QED) is 0.523. The molecule has 0 aliphatic carbocycles. The van der Waals surface area contributed by atoms with E-state index < -0.39 is 0 Å². The Kier molecular flexibility index (Phi) is 2.97. The maximum atomic E-state index is 11.7. The summed E-state index contributed by atoms with van der Waals surface area (Å²) in [5.41, 5.74) is 3.93. The first kappa shape index (κ1) is 12.5. The largest absolute Gasteiger partial charge is 0.465 e. The molecule has 2 aromatic carbocycles. The Morgan fingerprint density at radius 2 is 2.00 bits per heavy atom. The number of nitrogens with one attached hydrogen (secondary N) is 1. The molecule has 0 aliphatic rings. The second-order valence-electron chi connectivity index (χ2n) is 4.55. The number of rotatable bonds is 1. The number of ether oxygens (including phenoxy) is 1. The fourth-order valence-electron chi connectivity index (χ4n) is 2.31. The van der Waals surface area contributed by atoms with Gasteiger partial charge in [-0.05, 0) is 53.8 Å².